The third-order valence-electron chi connectivity index (χ3n) is 4.64. The summed E-state index contributed by atoms with van der Waals surface area (Å²) in [5.41, 5.74) is 7.54. The van der Waals surface area contributed by atoms with Gasteiger partial charge in [0, 0.05) is 44.5 Å². The standard InChI is InChI=1S/C16H27N3O/c1-18(12-13-20-2)16(14-17)8-10-19(11-9-16)15-6-4-3-5-7-15/h3-7H,8-14,17H2,1-2H3. The van der Waals surface area contributed by atoms with Crippen molar-refractivity contribution in [1.29, 1.82) is 0 Å². The summed E-state index contributed by atoms with van der Waals surface area (Å²) >= 11 is 0. The molecular formula is C16H27N3O. The quantitative estimate of drug-likeness (QED) is 0.857. The van der Waals surface area contributed by atoms with Crippen molar-refractivity contribution in [3.05, 3.63) is 30.3 Å². The Morgan fingerprint density at radius 3 is 2.45 bits per heavy atom. The van der Waals surface area contributed by atoms with Crippen molar-refractivity contribution in [1.82, 2.24) is 4.90 Å². The summed E-state index contributed by atoms with van der Waals surface area (Å²) < 4.78 is 5.19. The number of nitrogens with two attached hydrogens (primary N) is 1. The average Bonchev–Trinajstić information content (AvgIpc) is 2.53. The monoisotopic (exact) mass is 277 g/mol. The maximum absolute atomic E-state index is 6.09. The second-order valence-electron chi connectivity index (χ2n) is 5.67. The lowest BCUT2D eigenvalue weighted by atomic mass is 9.85. The Bertz CT molecular complexity index is 388. The highest BCUT2D eigenvalue weighted by atomic mass is 16.5. The van der Waals surface area contributed by atoms with Gasteiger partial charge in [0.15, 0.2) is 0 Å². The van der Waals surface area contributed by atoms with Crippen LogP contribution < -0.4 is 10.6 Å². The number of hydrogen-bond acceptors (Lipinski definition) is 4. The summed E-state index contributed by atoms with van der Waals surface area (Å²) in [6.07, 6.45) is 2.22. The van der Waals surface area contributed by atoms with Crippen molar-refractivity contribution in [3.63, 3.8) is 0 Å². The van der Waals surface area contributed by atoms with Gasteiger partial charge in [0.2, 0.25) is 0 Å². The van der Waals surface area contributed by atoms with Crippen LogP contribution in [-0.4, -0.2) is 57.4 Å². The molecule has 1 heterocycles. The van der Waals surface area contributed by atoms with Gasteiger partial charge in [0.05, 0.1) is 6.61 Å². The van der Waals surface area contributed by atoms with Crippen molar-refractivity contribution < 1.29 is 4.74 Å². The molecule has 0 atom stereocenters. The fourth-order valence-corrected chi connectivity index (χ4v) is 3.03. The van der Waals surface area contributed by atoms with Gasteiger partial charge in [-0.2, -0.15) is 0 Å². The van der Waals surface area contributed by atoms with Crippen LogP contribution in [0.15, 0.2) is 30.3 Å². The molecule has 0 saturated carbocycles. The van der Waals surface area contributed by atoms with Crippen LogP contribution in [0.25, 0.3) is 0 Å². The van der Waals surface area contributed by atoms with E-state index < -0.39 is 0 Å². The first kappa shape index (κ1) is 15.3. The number of nitrogens with zero attached hydrogens (tertiary/aromatic N) is 2. The van der Waals surface area contributed by atoms with E-state index >= 15 is 0 Å². The van der Waals surface area contributed by atoms with Crippen molar-refractivity contribution in [2.24, 2.45) is 5.73 Å². The number of rotatable bonds is 6. The zero-order valence-electron chi connectivity index (χ0n) is 12.7. The molecule has 1 aliphatic heterocycles. The number of benzene rings is 1. The Morgan fingerprint density at radius 2 is 1.90 bits per heavy atom. The number of piperidine rings is 1. The molecule has 1 aromatic rings. The molecule has 20 heavy (non-hydrogen) atoms. The van der Waals surface area contributed by atoms with Crippen LogP contribution in [0.1, 0.15) is 12.8 Å². The van der Waals surface area contributed by atoms with E-state index in [4.69, 9.17) is 10.5 Å². The topological polar surface area (TPSA) is 41.7 Å². The van der Waals surface area contributed by atoms with E-state index in [-0.39, 0.29) is 5.54 Å². The predicted octanol–water partition coefficient (Wildman–Crippen LogP) is 1.56. The second-order valence-corrected chi connectivity index (χ2v) is 5.67. The lowest BCUT2D eigenvalue weighted by Crippen LogP contribution is -2.58. The molecule has 1 saturated heterocycles. The summed E-state index contributed by atoms with van der Waals surface area (Å²) in [4.78, 5) is 4.84. The summed E-state index contributed by atoms with van der Waals surface area (Å²) in [5, 5.41) is 0. The molecule has 0 amide bonds. The fraction of sp³-hybridized carbons (Fsp3) is 0.625. The Kier molecular flexibility index (Phi) is 5.40. The van der Waals surface area contributed by atoms with E-state index in [0.29, 0.717) is 0 Å². The first-order chi connectivity index (χ1) is 9.72. The molecule has 0 aliphatic carbocycles. The Hall–Kier alpha value is -1.10. The first-order valence-electron chi connectivity index (χ1n) is 7.42. The second kappa shape index (κ2) is 7.07. The molecule has 2 N–H and O–H groups in total. The minimum Gasteiger partial charge on any atom is -0.383 e. The maximum Gasteiger partial charge on any atom is 0.0589 e. The molecule has 1 aromatic carbocycles. The molecule has 1 aliphatic rings. The minimum absolute atomic E-state index is 0.129. The maximum atomic E-state index is 6.09. The van der Waals surface area contributed by atoms with Crippen LogP contribution in [0.5, 0.6) is 0 Å². The molecule has 112 valence electrons. The number of likely N-dealkylation sites (N-methyl/N-ethyl adjacent to an activating group) is 1. The van der Waals surface area contributed by atoms with Gasteiger partial charge >= 0.3 is 0 Å². The van der Waals surface area contributed by atoms with Crippen molar-refractivity contribution in [2.45, 2.75) is 18.4 Å². The van der Waals surface area contributed by atoms with E-state index in [1.807, 2.05) is 0 Å². The molecule has 1 fully saturated rings. The van der Waals surface area contributed by atoms with Gasteiger partial charge in [-0.25, -0.2) is 0 Å². The minimum atomic E-state index is 0.129. The van der Waals surface area contributed by atoms with Crippen LogP contribution in [-0.2, 0) is 4.74 Å². The third kappa shape index (κ3) is 3.32. The normalized spacial score (nSPS) is 18.5. The van der Waals surface area contributed by atoms with Crippen LogP contribution in [0, 0.1) is 0 Å². The number of methoxy groups -OCH3 is 1. The summed E-state index contributed by atoms with van der Waals surface area (Å²) in [5.74, 6) is 0. The smallest absolute Gasteiger partial charge is 0.0589 e. The number of hydrogen-bond donors (Lipinski definition) is 1. The molecule has 0 spiro atoms. The molecular weight excluding hydrogens is 250 g/mol. The SMILES string of the molecule is COCCN(C)C1(CN)CCN(c2ccccc2)CC1. The average molecular weight is 277 g/mol. The van der Waals surface area contributed by atoms with Crippen LogP contribution in [0.3, 0.4) is 0 Å². The van der Waals surface area contributed by atoms with Crippen LogP contribution in [0.4, 0.5) is 5.69 Å². The lowest BCUT2D eigenvalue weighted by molar-refractivity contribution is 0.0649. The van der Waals surface area contributed by atoms with Gasteiger partial charge in [-0.3, -0.25) is 4.90 Å². The van der Waals surface area contributed by atoms with Crippen molar-refractivity contribution >= 4 is 5.69 Å². The molecule has 0 bridgehead atoms. The van der Waals surface area contributed by atoms with Crippen molar-refractivity contribution in [3.8, 4) is 0 Å². The summed E-state index contributed by atoms with van der Waals surface area (Å²) in [6.45, 7) is 4.56. The van der Waals surface area contributed by atoms with Gasteiger partial charge < -0.3 is 15.4 Å². The van der Waals surface area contributed by atoms with Gasteiger partial charge in [0.1, 0.15) is 0 Å². The van der Waals surface area contributed by atoms with Crippen LogP contribution in [0.2, 0.25) is 0 Å². The molecule has 4 nitrogen and oxygen atoms in total. The lowest BCUT2D eigenvalue weighted by Gasteiger charge is -2.47. The molecule has 0 unspecified atom stereocenters. The highest BCUT2D eigenvalue weighted by molar-refractivity contribution is 5.46. The zero-order valence-corrected chi connectivity index (χ0v) is 12.7. The largest absolute Gasteiger partial charge is 0.383 e. The number of anilines is 1. The number of ether oxygens (including phenoxy) is 1. The Morgan fingerprint density at radius 1 is 1.25 bits per heavy atom. The molecule has 0 aromatic heterocycles. The van der Waals surface area contributed by atoms with E-state index in [1.165, 1.54) is 5.69 Å². The highest BCUT2D eigenvalue weighted by Gasteiger charge is 2.36. The van der Waals surface area contributed by atoms with Gasteiger partial charge in [0.25, 0.3) is 0 Å². The molecule has 4 heteroatoms. The molecule has 2 rings (SSSR count). The van der Waals surface area contributed by atoms with Crippen molar-refractivity contribution in [2.75, 3.05) is 51.8 Å². The predicted molar refractivity (Wildman–Crippen MR) is 84.2 cm³/mol. The van der Waals surface area contributed by atoms with E-state index in [2.05, 4.69) is 47.2 Å². The van der Waals surface area contributed by atoms with Gasteiger partial charge in [-0.15, -0.1) is 0 Å². The van der Waals surface area contributed by atoms with E-state index in [1.54, 1.807) is 7.11 Å². The zero-order chi connectivity index (χ0) is 14.4. The number of para-hydroxylation sites is 1. The third-order valence-corrected chi connectivity index (χ3v) is 4.64. The van der Waals surface area contributed by atoms with Gasteiger partial charge in [-0.1, -0.05) is 18.2 Å². The van der Waals surface area contributed by atoms with E-state index in [9.17, 15) is 0 Å². The highest BCUT2D eigenvalue weighted by Crippen LogP contribution is 2.29. The van der Waals surface area contributed by atoms with E-state index in [0.717, 1.165) is 45.6 Å². The van der Waals surface area contributed by atoms with Gasteiger partial charge in [-0.05, 0) is 32.0 Å². The molecule has 0 radical (unpaired) electrons. The summed E-state index contributed by atoms with van der Waals surface area (Å²) in [6, 6.07) is 10.6. The Balaban J connectivity index is 1.97. The summed E-state index contributed by atoms with van der Waals surface area (Å²) in [7, 11) is 3.92. The van der Waals surface area contributed by atoms with Crippen LogP contribution >= 0.6 is 0 Å². The Labute approximate surface area is 122 Å². The first-order valence-corrected chi connectivity index (χ1v) is 7.42. The fourth-order valence-electron chi connectivity index (χ4n) is 3.03.